The van der Waals surface area contributed by atoms with Gasteiger partial charge in [0, 0.05) is 23.9 Å². The zero-order valence-corrected chi connectivity index (χ0v) is 9.75. The van der Waals surface area contributed by atoms with Gasteiger partial charge in [0.1, 0.15) is 5.82 Å². The largest absolute Gasteiger partial charge is 0.316 e. The molecule has 0 radical (unpaired) electrons. The van der Waals surface area contributed by atoms with E-state index in [1.165, 1.54) is 18.5 Å². The first-order valence-corrected chi connectivity index (χ1v) is 5.67. The van der Waals surface area contributed by atoms with Crippen LogP contribution in [-0.4, -0.2) is 23.1 Å². The Morgan fingerprint density at radius 3 is 2.67 bits per heavy atom. The maximum absolute atomic E-state index is 4.48. The summed E-state index contributed by atoms with van der Waals surface area (Å²) >= 11 is 0. The van der Waals surface area contributed by atoms with Crippen LogP contribution in [0.4, 0.5) is 0 Å². The summed E-state index contributed by atoms with van der Waals surface area (Å²) in [5, 5.41) is 3.39. The summed E-state index contributed by atoms with van der Waals surface area (Å²) in [5.41, 5.74) is 2.24. The molecular formula is C12H19N3. The highest BCUT2D eigenvalue weighted by Gasteiger charge is 2.30. The predicted octanol–water partition coefficient (Wildman–Crippen LogP) is 1.63. The molecule has 1 aliphatic carbocycles. The van der Waals surface area contributed by atoms with Crippen molar-refractivity contribution < 1.29 is 0 Å². The van der Waals surface area contributed by atoms with Crippen LogP contribution < -0.4 is 5.32 Å². The van der Waals surface area contributed by atoms with Gasteiger partial charge in [-0.2, -0.15) is 0 Å². The Balaban J connectivity index is 2.08. The monoisotopic (exact) mass is 205 g/mol. The molecule has 1 fully saturated rings. The Bertz CT molecular complexity index is 324. The average Bonchev–Trinajstić information content (AvgIpc) is 2.95. The minimum Gasteiger partial charge on any atom is -0.316 e. The van der Waals surface area contributed by atoms with Crippen molar-refractivity contribution in [3.63, 3.8) is 0 Å². The SMILES string of the molecule is CNC(Cc1cc(C)nc(C)n1)C1CC1. The van der Waals surface area contributed by atoms with Crippen LogP contribution in [0.15, 0.2) is 6.07 Å². The highest BCUT2D eigenvalue weighted by atomic mass is 14.9. The molecule has 1 aliphatic rings. The molecule has 0 saturated heterocycles. The van der Waals surface area contributed by atoms with Crippen molar-refractivity contribution in [1.82, 2.24) is 15.3 Å². The van der Waals surface area contributed by atoms with E-state index in [4.69, 9.17) is 0 Å². The molecular weight excluding hydrogens is 186 g/mol. The van der Waals surface area contributed by atoms with Crippen LogP contribution in [0, 0.1) is 19.8 Å². The van der Waals surface area contributed by atoms with Crippen molar-refractivity contribution in [2.24, 2.45) is 5.92 Å². The predicted molar refractivity (Wildman–Crippen MR) is 60.8 cm³/mol. The third-order valence-corrected chi connectivity index (χ3v) is 3.01. The highest BCUT2D eigenvalue weighted by Crippen LogP contribution is 2.33. The molecule has 0 aromatic carbocycles. The Morgan fingerprint density at radius 2 is 2.13 bits per heavy atom. The number of rotatable bonds is 4. The number of likely N-dealkylation sites (N-methyl/N-ethyl adjacent to an activating group) is 1. The molecule has 1 saturated carbocycles. The van der Waals surface area contributed by atoms with Gasteiger partial charge in [0.25, 0.3) is 0 Å². The number of aromatic nitrogens is 2. The van der Waals surface area contributed by atoms with Gasteiger partial charge in [0.05, 0.1) is 0 Å². The van der Waals surface area contributed by atoms with E-state index in [2.05, 4.69) is 21.4 Å². The second kappa shape index (κ2) is 4.27. The van der Waals surface area contributed by atoms with Crippen molar-refractivity contribution >= 4 is 0 Å². The lowest BCUT2D eigenvalue weighted by molar-refractivity contribution is 0.494. The van der Waals surface area contributed by atoms with Crippen LogP contribution >= 0.6 is 0 Å². The van der Waals surface area contributed by atoms with Crippen molar-refractivity contribution in [2.45, 2.75) is 39.2 Å². The van der Waals surface area contributed by atoms with Crippen molar-refractivity contribution in [1.29, 1.82) is 0 Å². The van der Waals surface area contributed by atoms with Crippen LogP contribution in [0.5, 0.6) is 0 Å². The molecule has 2 rings (SSSR count). The first kappa shape index (κ1) is 10.6. The summed E-state index contributed by atoms with van der Waals surface area (Å²) in [6.07, 6.45) is 3.77. The molecule has 0 amide bonds. The normalized spacial score (nSPS) is 17.8. The minimum atomic E-state index is 0.596. The number of aryl methyl sites for hydroxylation is 2. The van der Waals surface area contributed by atoms with Crippen molar-refractivity contribution in [3.05, 3.63) is 23.3 Å². The zero-order valence-electron chi connectivity index (χ0n) is 9.75. The molecule has 1 heterocycles. The lowest BCUT2D eigenvalue weighted by atomic mass is 10.1. The second-order valence-corrected chi connectivity index (χ2v) is 4.48. The van der Waals surface area contributed by atoms with Crippen LogP contribution in [0.25, 0.3) is 0 Å². The van der Waals surface area contributed by atoms with Gasteiger partial charge in [-0.05, 0) is 45.7 Å². The van der Waals surface area contributed by atoms with Crippen molar-refractivity contribution in [2.75, 3.05) is 7.05 Å². The summed E-state index contributed by atoms with van der Waals surface area (Å²) in [6, 6.07) is 2.69. The minimum absolute atomic E-state index is 0.596. The lowest BCUT2D eigenvalue weighted by Gasteiger charge is -2.14. The first-order valence-electron chi connectivity index (χ1n) is 5.67. The molecule has 1 N–H and O–H groups in total. The Hall–Kier alpha value is -0.960. The molecule has 82 valence electrons. The number of nitrogens with zero attached hydrogens (tertiary/aromatic N) is 2. The van der Waals surface area contributed by atoms with E-state index in [0.29, 0.717) is 6.04 Å². The summed E-state index contributed by atoms with van der Waals surface area (Å²) in [6.45, 7) is 3.99. The standard InChI is InChI=1S/C12H19N3/c1-8-6-11(15-9(2)14-8)7-12(13-3)10-4-5-10/h6,10,12-13H,4-5,7H2,1-3H3. The molecule has 3 heteroatoms. The average molecular weight is 205 g/mol. The van der Waals surface area contributed by atoms with Crippen LogP contribution in [0.1, 0.15) is 30.1 Å². The van der Waals surface area contributed by atoms with Crippen molar-refractivity contribution in [3.8, 4) is 0 Å². The summed E-state index contributed by atoms with van der Waals surface area (Å²) in [4.78, 5) is 8.78. The summed E-state index contributed by atoms with van der Waals surface area (Å²) in [5.74, 6) is 1.75. The Kier molecular flexibility index (Phi) is 3.00. The molecule has 3 nitrogen and oxygen atoms in total. The number of hydrogen-bond donors (Lipinski definition) is 1. The Morgan fingerprint density at radius 1 is 1.40 bits per heavy atom. The number of hydrogen-bond acceptors (Lipinski definition) is 3. The van der Waals surface area contributed by atoms with Gasteiger partial charge < -0.3 is 5.32 Å². The molecule has 1 aromatic rings. The third-order valence-electron chi connectivity index (χ3n) is 3.01. The van der Waals surface area contributed by atoms with Gasteiger partial charge in [-0.25, -0.2) is 9.97 Å². The summed E-state index contributed by atoms with van der Waals surface area (Å²) < 4.78 is 0. The van der Waals surface area contributed by atoms with Crippen LogP contribution in [-0.2, 0) is 6.42 Å². The van der Waals surface area contributed by atoms with Crippen LogP contribution in [0.2, 0.25) is 0 Å². The maximum atomic E-state index is 4.48. The van der Waals surface area contributed by atoms with Gasteiger partial charge in [-0.15, -0.1) is 0 Å². The van der Waals surface area contributed by atoms with Gasteiger partial charge in [0.15, 0.2) is 0 Å². The summed E-state index contributed by atoms with van der Waals surface area (Å²) in [7, 11) is 2.05. The highest BCUT2D eigenvalue weighted by molar-refractivity contribution is 5.11. The van der Waals surface area contributed by atoms with Crippen LogP contribution in [0.3, 0.4) is 0 Å². The molecule has 1 aromatic heterocycles. The van der Waals surface area contributed by atoms with Gasteiger partial charge in [-0.1, -0.05) is 0 Å². The second-order valence-electron chi connectivity index (χ2n) is 4.48. The van der Waals surface area contributed by atoms with E-state index in [9.17, 15) is 0 Å². The zero-order chi connectivity index (χ0) is 10.8. The van der Waals surface area contributed by atoms with E-state index >= 15 is 0 Å². The number of nitrogens with one attached hydrogen (secondary N) is 1. The van der Waals surface area contributed by atoms with Gasteiger partial charge in [-0.3, -0.25) is 0 Å². The van der Waals surface area contributed by atoms with E-state index < -0.39 is 0 Å². The molecule has 1 unspecified atom stereocenters. The molecule has 15 heavy (non-hydrogen) atoms. The third kappa shape index (κ3) is 2.75. The first-order chi connectivity index (χ1) is 7.19. The fraction of sp³-hybridized carbons (Fsp3) is 0.667. The quantitative estimate of drug-likeness (QED) is 0.812. The van der Waals surface area contributed by atoms with E-state index in [1.807, 2.05) is 20.9 Å². The van der Waals surface area contributed by atoms with E-state index in [-0.39, 0.29) is 0 Å². The Labute approximate surface area is 91.3 Å². The molecule has 0 spiro atoms. The van der Waals surface area contributed by atoms with Gasteiger partial charge >= 0.3 is 0 Å². The van der Waals surface area contributed by atoms with E-state index in [0.717, 1.165) is 23.9 Å². The van der Waals surface area contributed by atoms with E-state index in [1.54, 1.807) is 0 Å². The fourth-order valence-corrected chi connectivity index (χ4v) is 2.13. The smallest absolute Gasteiger partial charge is 0.125 e. The molecule has 0 aliphatic heterocycles. The molecule has 1 atom stereocenters. The maximum Gasteiger partial charge on any atom is 0.125 e. The van der Waals surface area contributed by atoms with Gasteiger partial charge in [0.2, 0.25) is 0 Å². The topological polar surface area (TPSA) is 37.8 Å². The lowest BCUT2D eigenvalue weighted by Crippen LogP contribution is -2.30. The molecule has 0 bridgehead atoms. The fourth-order valence-electron chi connectivity index (χ4n) is 2.13.